The molecule has 0 spiro atoms. The van der Waals surface area contributed by atoms with Crippen LogP contribution in [-0.2, 0) is 26.0 Å². The van der Waals surface area contributed by atoms with E-state index in [1.165, 1.54) is 25.5 Å². The summed E-state index contributed by atoms with van der Waals surface area (Å²) < 4.78 is 46.4. The molecule has 2 N–H and O–H groups in total. The molecule has 2 saturated carbocycles. The van der Waals surface area contributed by atoms with Crippen molar-refractivity contribution in [1.82, 2.24) is 4.72 Å². The van der Waals surface area contributed by atoms with Gasteiger partial charge in [0.2, 0.25) is 15.9 Å². The fourth-order valence-corrected chi connectivity index (χ4v) is 6.63. The van der Waals surface area contributed by atoms with Gasteiger partial charge in [-0.15, -0.1) is 0 Å². The average Bonchev–Trinajstić information content (AvgIpc) is 3.77. The molecule has 2 aliphatic rings. The molecule has 0 aliphatic heterocycles. The van der Waals surface area contributed by atoms with Crippen LogP contribution in [0.5, 0.6) is 5.75 Å². The van der Waals surface area contributed by atoms with Crippen LogP contribution in [0.4, 0.5) is 15.8 Å². The Morgan fingerprint density at radius 2 is 1.76 bits per heavy atom. The van der Waals surface area contributed by atoms with Crippen molar-refractivity contribution in [2.75, 3.05) is 16.8 Å². The standard InChI is InChI=1S/C30H39ClFN3O5S/c1-19(2)18-35(22-7-5-4-6-8-22)28-14-10-23(40-20(3)30(37)34-41(38,39)24-11-12-24)17-27(28)33-29(36)16-21-9-13-25(31)26(32)15-21/h9-10,13-15,17,19-20,22,24H,4-8,11-12,16,18H2,1-3H3,(H,33,36)(H,34,37). The number of halogens is 2. The molecule has 0 saturated heterocycles. The van der Waals surface area contributed by atoms with Gasteiger partial charge in [0.05, 0.1) is 28.1 Å². The van der Waals surface area contributed by atoms with Crippen molar-refractivity contribution in [3.63, 3.8) is 0 Å². The zero-order chi connectivity index (χ0) is 29.7. The molecule has 224 valence electrons. The Kier molecular flexibility index (Phi) is 10.2. The number of carbonyl (C=O) groups excluding carboxylic acids is 2. The van der Waals surface area contributed by atoms with Gasteiger partial charge in [0, 0.05) is 18.7 Å². The SMILES string of the molecule is CC(C)CN(c1ccc(OC(C)C(=O)NS(=O)(=O)C2CC2)cc1NC(=O)Cc1ccc(Cl)c(F)c1)C1CCCCC1. The second-order valence-electron chi connectivity index (χ2n) is 11.5. The van der Waals surface area contributed by atoms with E-state index in [2.05, 4.69) is 28.8 Å². The van der Waals surface area contributed by atoms with Crippen LogP contribution in [0.25, 0.3) is 0 Å². The average molecular weight is 608 g/mol. The lowest BCUT2D eigenvalue weighted by molar-refractivity contribution is -0.125. The van der Waals surface area contributed by atoms with E-state index >= 15 is 0 Å². The van der Waals surface area contributed by atoms with Crippen molar-refractivity contribution in [1.29, 1.82) is 0 Å². The molecule has 8 nitrogen and oxygen atoms in total. The Hall–Kier alpha value is -2.85. The van der Waals surface area contributed by atoms with E-state index in [1.807, 2.05) is 6.07 Å². The highest BCUT2D eigenvalue weighted by molar-refractivity contribution is 7.90. The number of ether oxygens (including phenoxy) is 1. The minimum absolute atomic E-state index is 0.0128. The summed E-state index contributed by atoms with van der Waals surface area (Å²) >= 11 is 5.80. The third-order valence-electron chi connectivity index (χ3n) is 7.37. The van der Waals surface area contributed by atoms with Crippen molar-refractivity contribution >= 4 is 44.8 Å². The van der Waals surface area contributed by atoms with E-state index < -0.39 is 33.1 Å². The summed E-state index contributed by atoms with van der Waals surface area (Å²) in [5, 5.41) is 2.44. The van der Waals surface area contributed by atoms with Gasteiger partial charge in [-0.2, -0.15) is 0 Å². The second kappa shape index (κ2) is 13.4. The lowest BCUT2D eigenvalue weighted by Gasteiger charge is -2.38. The highest BCUT2D eigenvalue weighted by Crippen LogP contribution is 2.36. The lowest BCUT2D eigenvalue weighted by atomic mass is 9.93. The van der Waals surface area contributed by atoms with Crippen molar-refractivity contribution in [3.05, 3.63) is 52.8 Å². The first-order chi connectivity index (χ1) is 19.4. The van der Waals surface area contributed by atoms with Crippen molar-refractivity contribution < 1.29 is 27.1 Å². The smallest absolute Gasteiger partial charge is 0.274 e. The number of rotatable bonds is 12. The van der Waals surface area contributed by atoms with Crippen LogP contribution in [0.3, 0.4) is 0 Å². The minimum Gasteiger partial charge on any atom is -0.481 e. The predicted molar refractivity (Wildman–Crippen MR) is 159 cm³/mol. The highest BCUT2D eigenvalue weighted by Gasteiger charge is 2.37. The molecule has 0 bridgehead atoms. The van der Waals surface area contributed by atoms with Crippen LogP contribution in [0.2, 0.25) is 5.02 Å². The number of sulfonamides is 1. The molecule has 41 heavy (non-hydrogen) atoms. The number of amides is 2. The molecule has 2 aromatic rings. The Balaban J connectivity index is 1.59. The van der Waals surface area contributed by atoms with E-state index in [0.717, 1.165) is 37.9 Å². The third-order valence-corrected chi connectivity index (χ3v) is 9.51. The summed E-state index contributed by atoms with van der Waals surface area (Å²) in [4.78, 5) is 28.1. The number of anilines is 2. The zero-order valence-corrected chi connectivity index (χ0v) is 25.4. The largest absolute Gasteiger partial charge is 0.481 e. The van der Waals surface area contributed by atoms with Crippen molar-refractivity contribution in [2.24, 2.45) is 5.92 Å². The van der Waals surface area contributed by atoms with E-state index in [4.69, 9.17) is 16.3 Å². The van der Waals surface area contributed by atoms with Gasteiger partial charge in [0.15, 0.2) is 6.10 Å². The van der Waals surface area contributed by atoms with Gasteiger partial charge in [-0.3, -0.25) is 9.59 Å². The Bertz CT molecular complexity index is 1360. The molecular formula is C30H39ClFN3O5S. The molecule has 11 heteroatoms. The first-order valence-electron chi connectivity index (χ1n) is 14.3. The molecule has 2 fully saturated rings. The first kappa shape index (κ1) is 31.1. The quantitative estimate of drug-likeness (QED) is 0.315. The fourth-order valence-electron chi connectivity index (χ4n) is 5.14. The Labute approximate surface area is 247 Å². The van der Waals surface area contributed by atoms with Crippen LogP contribution < -0.4 is 19.7 Å². The molecule has 1 atom stereocenters. The van der Waals surface area contributed by atoms with Crippen LogP contribution in [0, 0.1) is 11.7 Å². The van der Waals surface area contributed by atoms with Gasteiger partial charge < -0.3 is 15.0 Å². The molecule has 2 aromatic carbocycles. The number of hydrogen-bond acceptors (Lipinski definition) is 6. The molecule has 1 unspecified atom stereocenters. The summed E-state index contributed by atoms with van der Waals surface area (Å²) in [6.45, 7) is 6.56. The summed E-state index contributed by atoms with van der Waals surface area (Å²) in [7, 11) is -3.70. The van der Waals surface area contributed by atoms with E-state index in [-0.39, 0.29) is 17.4 Å². The monoisotopic (exact) mass is 607 g/mol. The van der Waals surface area contributed by atoms with Gasteiger partial charge in [-0.05, 0) is 68.4 Å². The number of benzene rings is 2. The summed E-state index contributed by atoms with van der Waals surface area (Å²) in [6.07, 6.45) is 5.52. The summed E-state index contributed by atoms with van der Waals surface area (Å²) in [6, 6.07) is 9.84. The van der Waals surface area contributed by atoms with Gasteiger partial charge in [0.25, 0.3) is 5.91 Å². The highest BCUT2D eigenvalue weighted by atomic mass is 35.5. The molecular weight excluding hydrogens is 569 g/mol. The van der Waals surface area contributed by atoms with Crippen LogP contribution in [-0.4, -0.2) is 44.2 Å². The zero-order valence-electron chi connectivity index (χ0n) is 23.8. The normalized spacial score (nSPS) is 16.7. The Morgan fingerprint density at radius 1 is 1.05 bits per heavy atom. The van der Waals surface area contributed by atoms with Crippen molar-refractivity contribution in [2.45, 2.75) is 89.5 Å². The van der Waals surface area contributed by atoms with E-state index in [1.54, 1.807) is 18.2 Å². The molecule has 2 aliphatic carbocycles. The third kappa shape index (κ3) is 8.58. The topological polar surface area (TPSA) is 105 Å². The number of carbonyl (C=O) groups is 2. The van der Waals surface area contributed by atoms with Crippen LogP contribution in [0.15, 0.2) is 36.4 Å². The Morgan fingerprint density at radius 3 is 2.39 bits per heavy atom. The van der Waals surface area contributed by atoms with Gasteiger partial charge in [-0.25, -0.2) is 17.5 Å². The molecule has 0 aromatic heterocycles. The number of hydrogen-bond donors (Lipinski definition) is 2. The molecule has 2 amide bonds. The van der Waals surface area contributed by atoms with Crippen LogP contribution in [0.1, 0.15) is 71.3 Å². The number of nitrogens with one attached hydrogen (secondary N) is 2. The summed E-state index contributed by atoms with van der Waals surface area (Å²) in [5.41, 5.74) is 1.82. The van der Waals surface area contributed by atoms with Crippen molar-refractivity contribution in [3.8, 4) is 5.75 Å². The maximum atomic E-state index is 14.0. The van der Waals surface area contributed by atoms with Gasteiger partial charge in [0.1, 0.15) is 11.6 Å². The number of nitrogens with zero attached hydrogens (tertiary/aromatic N) is 1. The van der Waals surface area contributed by atoms with Gasteiger partial charge in [-0.1, -0.05) is 50.8 Å². The summed E-state index contributed by atoms with van der Waals surface area (Å²) in [5.74, 6) is -1.02. The minimum atomic E-state index is -3.70. The molecule has 0 radical (unpaired) electrons. The fraction of sp³-hybridized carbons (Fsp3) is 0.533. The van der Waals surface area contributed by atoms with E-state index in [9.17, 15) is 22.4 Å². The molecule has 4 rings (SSSR count). The predicted octanol–water partition coefficient (Wildman–Crippen LogP) is 5.83. The second-order valence-corrected chi connectivity index (χ2v) is 13.8. The lowest BCUT2D eigenvalue weighted by Crippen LogP contribution is -2.41. The first-order valence-corrected chi connectivity index (χ1v) is 16.2. The maximum absolute atomic E-state index is 14.0. The van der Waals surface area contributed by atoms with E-state index in [0.29, 0.717) is 41.8 Å². The van der Waals surface area contributed by atoms with Gasteiger partial charge >= 0.3 is 0 Å². The van der Waals surface area contributed by atoms with Crippen LogP contribution >= 0.6 is 11.6 Å². The molecule has 0 heterocycles. The maximum Gasteiger partial charge on any atom is 0.274 e.